The molecule has 4 nitrogen and oxygen atoms in total. The maximum absolute atomic E-state index is 13.8. The van der Waals surface area contributed by atoms with Crippen LogP contribution in [0.2, 0.25) is 0 Å². The van der Waals surface area contributed by atoms with Crippen molar-refractivity contribution in [1.82, 2.24) is 0 Å². The molecule has 0 spiro atoms. The van der Waals surface area contributed by atoms with Gasteiger partial charge in [-0.1, -0.05) is 12.7 Å². The Morgan fingerprint density at radius 2 is 2.28 bits per heavy atom. The van der Waals surface area contributed by atoms with Crippen LogP contribution in [-0.4, -0.2) is 24.8 Å². The fourth-order valence-corrected chi connectivity index (χ4v) is 2.05. The molecular formula is C12H15FN2O2S. The van der Waals surface area contributed by atoms with E-state index in [9.17, 15) is 9.18 Å². The lowest BCUT2D eigenvalue weighted by Crippen LogP contribution is -2.20. The first-order chi connectivity index (χ1) is 8.58. The lowest BCUT2D eigenvalue weighted by molar-refractivity contribution is -0.120. The number of halogens is 1. The molecule has 6 heteroatoms. The van der Waals surface area contributed by atoms with E-state index in [-0.39, 0.29) is 12.4 Å². The number of ether oxygens (including phenoxy) is 1. The van der Waals surface area contributed by atoms with Crippen molar-refractivity contribution in [3.63, 3.8) is 0 Å². The first-order valence-electron chi connectivity index (χ1n) is 5.28. The van der Waals surface area contributed by atoms with Crippen LogP contribution < -0.4 is 16.2 Å². The van der Waals surface area contributed by atoms with Crippen LogP contribution in [0.1, 0.15) is 5.56 Å². The summed E-state index contributed by atoms with van der Waals surface area (Å²) in [5.41, 5.74) is 10.8. The number of hydrogen-bond acceptors (Lipinski definition) is 4. The lowest BCUT2D eigenvalue weighted by Gasteiger charge is -2.11. The number of benzene rings is 1. The SMILES string of the molecule is C=Cc1cc(SCCN)cc(F)c1OCC(N)=O. The Morgan fingerprint density at radius 3 is 2.83 bits per heavy atom. The third-order valence-corrected chi connectivity index (χ3v) is 3.02. The van der Waals surface area contributed by atoms with Gasteiger partial charge in [-0.3, -0.25) is 4.79 Å². The maximum atomic E-state index is 13.8. The second kappa shape index (κ2) is 7.03. The molecule has 0 unspecified atom stereocenters. The summed E-state index contributed by atoms with van der Waals surface area (Å²) < 4.78 is 18.8. The first-order valence-corrected chi connectivity index (χ1v) is 6.27. The Balaban J connectivity index is 2.96. The molecule has 0 aliphatic heterocycles. The summed E-state index contributed by atoms with van der Waals surface area (Å²) in [5.74, 6) is -0.530. The molecule has 1 aromatic rings. The van der Waals surface area contributed by atoms with Crippen molar-refractivity contribution < 1.29 is 13.9 Å². The standard InChI is InChI=1S/C12H15FN2O2S/c1-2-8-5-9(18-4-3-14)6-10(13)12(8)17-7-11(15)16/h2,5-6H,1,3-4,7,14H2,(H2,15,16). The molecule has 0 saturated heterocycles. The van der Waals surface area contributed by atoms with Crippen molar-refractivity contribution in [2.45, 2.75) is 4.90 Å². The number of amides is 1. The quantitative estimate of drug-likeness (QED) is 0.734. The van der Waals surface area contributed by atoms with E-state index in [0.717, 1.165) is 4.90 Å². The van der Waals surface area contributed by atoms with Crippen LogP contribution in [0.4, 0.5) is 4.39 Å². The number of carbonyl (C=O) groups excluding carboxylic acids is 1. The minimum atomic E-state index is -0.661. The molecule has 1 amide bonds. The van der Waals surface area contributed by atoms with E-state index in [2.05, 4.69) is 6.58 Å². The second-order valence-corrected chi connectivity index (χ2v) is 4.59. The topological polar surface area (TPSA) is 78.3 Å². The number of primary amides is 1. The molecule has 0 bridgehead atoms. The third kappa shape index (κ3) is 4.05. The number of carbonyl (C=O) groups is 1. The average Bonchev–Trinajstić information content (AvgIpc) is 2.34. The van der Waals surface area contributed by atoms with Crippen LogP contribution in [0.3, 0.4) is 0 Å². The molecule has 1 aromatic carbocycles. The highest BCUT2D eigenvalue weighted by molar-refractivity contribution is 7.99. The zero-order chi connectivity index (χ0) is 13.5. The van der Waals surface area contributed by atoms with Crippen molar-refractivity contribution in [1.29, 1.82) is 0 Å². The summed E-state index contributed by atoms with van der Waals surface area (Å²) >= 11 is 1.44. The molecule has 0 saturated carbocycles. The molecule has 0 heterocycles. The summed E-state index contributed by atoms with van der Waals surface area (Å²) in [7, 11) is 0. The third-order valence-electron chi connectivity index (χ3n) is 2.01. The van der Waals surface area contributed by atoms with E-state index in [1.807, 2.05) is 0 Å². The zero-order valence-electron chi connectivity index (χ0n) is 9.82. The van der Waals surface area contributed by atoms with E-state index in [4.69, 9.17) is 16.2 Å². The summed E-state index contributed by atoms with van der Waals surface area (Å²) in [6, 6.07) is 3.07. The molecule has 0 aliphatic carbocycles. The molecule has 0 aromatic heterocycles. The van der Waals surface area contributed by atoms with Crippen LogP contribution in [0.5, 0.6) is 5.75 Å². The minimum absolute atomic E-state index is 0.0131. The molecule has 0 atom stereocenters. The van der Waals surface area contributed by atoms with Crippen LogP contribution in [0, 0.1) is 5.82 Å². The van der Waals surface area contributed by atoms with Gasteiger partial charge in [0.15, 0.2) is 18.2 Å². The van der Waals surface area contributed by atoms with Gasteiger partial charge in [-0.15, -0.1) is 11.8 Å². The Morgan fingerprint density at radius 1 is 1.56 bits per heavy atom. The van der Waals surface area contributed by atoms with Gasteiger partial charge >= 0.3 is 0 Å². The van der Waals surface area contributed by atoms with Gasteiger partial charge in [-0.2, -0.15) is 0 Å². The van der Waals surface area contributed by atoms with Gasteiger partial charge in [0.1, 0.15) is 0 Å². The highest BCUT2D eigenvalue weighted by Crippen LogP contribution is 2.30. The molecule has 4 N–H and O–H groups in total. The average molecular weight is 270 g/mol. The van der Waals surface area contributed by atoms with Crippen molar-refractivity contribution in [2.24, 2.45) is 11.5 Å². The largest absolute Gasteiger partial charge is 0.480 e. The predicted molar refractivity (Wildman–Crippen MR) is 71.0 cm³/mol. The Bertz CT molecular complexity index is 452. The summed E-state index contributed by atoms with van der Waals surface area (Å²) in [6.07, 6.45) is 1.46. The second-order valence-electron chi connectivity index (χ2n) is 3.42. The summed E-state index contributed by atoms with van der Waals surface area (Å²) in [5, 5.41) is 0. The van der Waals surface area contributed by atoms with Gasteiger partial charge in [0.25, 0.3) is 5.91 Å². The normalized spacial score (nSPS) is 10.1. The van der Waals surface area contributed by atoms with Crippen LogP contribution in [0.15, 0.2) is 23.6 Å². The fraction of sp³-hybridized carbons (Fsp3) is 0.250. The monoisotopic (exact) mass is 270 g/mol. The smallest absolute Gasteiger partial charge is 0.255 e. The van der Waals surface area contributed by atoms with Gasteiger partial charge in [0.05, 0.1) is 0 Å². The zero-order valence-corrected chi connectivity index (χ0v) is 10.6. The van der Waals surface area contributed by atoms with Crippen molar-refractivity contribution in [3.05, 3.63) is 30.1 Å². The number of rotatable bonds is 7. The molecule has 18 heavy (non-hydrogen) atoms. The van der Waals surface area contributed by atoms with Gasteiger partial charge in [-0.25, -0.2) is 4.39 Å². The van der Waals surface area contributed by atoms with Crippen molar-refractivity contribution in [3.8, 4) is 5.75 Å². The predicted octanol–water partition coefficient (Wildman–Crippen LogP) is 1.38. The molecule has 98 valence electrons. The molecular weight excluding hydrogens is 255 g/mol. The van der Waals surface area contributed by atoms with Gasteiger partial charge in [-0.05, 0) is 12.1 Å². The van der Waals surface area contributed by atoms with Gasteiger partial charge in [0, 0.05) is 22.8 Å². The molecule has 0 fully saturated rings. The molecule has 0 aliphatic rings. The van der Waals surface area contributed by atoms with Crippen molar-refractivity contribution >= 4 is 23.7 Å². The van der Waals surface area contributed by atoms with E-state index in [1.165, 1.54) is 23.9 Å². The maximum Gasteiger partial charge on any atom is 0.255 e. The van der Waals surface area contributed by atoms with Crippen LogP contribution in [-0.2, 0) is 4.79 Å². The van der Waals surface area contributed by atoms with E-state index >= 15 is 0 Å². The van der Waals surface area contributed by atoms with Gasteiger partial charge < -0.3 is 16.2 Å². The number of hydrogen-bond donors (Lipinski definition) is 2. The molecule has 1 rings (SSSR count). The van der Waals surface area contributed by atoms with Gasteiger partial charge in [0.2, 0.25) is 0 Å². The van der Waals surface area contributed by atoms with Crippen LogP contribution in [0.25, 0.3) is 6.08 Å². The van der Waals surface area contributed by atoms with E-state index < -0.39 is 11.7 Å². The van der Waals surface area contributed by atoms with E-state index in [0.29, 0.717) is 17.9 Å². The number of thioether (sulfide) groups is 1. The Kier molecular flexibility index (Phi) is 5.67. The molecule has 0 radical (unpaired) electrons. The highest BCUT2D eigenvalue weighted by Gasteiger charge is 2.11. The van der Waals surface area contributed by atoms with Crippen molar-refractivity contribution in [2.75, 3.05) is 18.9 Å². The first kappa shape index (κ1) is 14.5. The van der Waals surface area contributed by atoms with E-state index in [1.54, 1.807) is 6.07 Å². The lowest BCUT2D eigenvalue weighted by atomic mass is 10.2. The Hall–Kier alpha value is -1.53. The fourth-order valence-electron chi connectivity index (χ4n) is 1.30. The summed E-state index contributed by atoms with van der Waals surface area (Å²) in [4.78, 5) is 11.4. The minimum Gasteiger partial charge on any atom is -0.480 e. The van der Waals surface area contributed by atoms with Crippen LogP contribution >= 0.6 is 11.8 Å². The highest BCUT2D eigenvalue weighted by atomic mass is 32.2. The number of nitrogens with two attached hydrogens (primary N) is 2. The summed E-state index contributed by atoms with van der Waals surface area (Å²) in [6.45, 7) is 3.73. The Labute approximate surface area is 109 Å².